The van der Waals surface area contributed by atoms with Crippen molar-refractivity contribution in [3.8, 4) is 10.8 Å². The van der Waals surface area contributed by atoms with E-state index in [1.54, 1.807) is 18.2 Å². The topological polar surface area (TPSA) is 72.6 Å². The summed E-state index contributed by atoms with van der Waals surface area (Å²) in [5.41, 5.74) is -0.190. The van der Waals surface area contributed by atoms with E-state index in [9.17, 15) is 15.2 Å². The molecule has 0 amide bonds. The summed E-state index contributed by atoms with van der Waals surface area (Å²) in [5, 5.41) is 20.9. The van der Waals surface area contributed by atoms with Crippen molar-refractivity contribution < 1.29 is 14.8 Å². The molecule has 1 aromatic heterocycles. The van der Waals surface area contributed by atoms with Gasteiger partial charge in [-0.15, -0.1) is 0 Å². The molecule has 0 radical (unpaired) electrons. The van der Waals surface area contributed by atoms with Crippen LogP contribution in [0.5, 0.6) is 10.8 Å². The van der Waals surface area contributed by atoms with Crippen LogP contribution in [0.2, 0.25) is 5.02 Å². The third-order valence-corrected chi connectivity index (χ3v) is 4.36. The van der Waals surface area contributed by atoms with Crippen LogP contribution in [0.1, 0.15) is 17.9 Å². The lowest BCUT2D eigenvalue weighted by Crippen LogP contribution is -1.90. The molecule has 106 valence electrons. The van der Waals surface area contributed by atoms with Crippen molar-refractivity contribution in [3.63, 3.8) is 0 Å². The highest BCUT2D eigenvalue weighted by Crippen LogP contribution is 2.43. The summed E-state index contributed by atoms with van der Waals surface area (Å²) in [6, 6.07) is 6.26. The molecule has 0 aliphatic carbocycles. The van der Waals surface area contributed by atoms with Crippen molar-refractivity contribution in [1.82, 2.24) is 0 Å². The molecule has 0 spiro atoms. The lowest BCUT2D eigenvalue weighted by Gasteiger charge is -2.05. The van der Waals surface area contributed by atoms with E-state index in [1.807, 2.05) is 0 Å². The number of nitro groups is 1. The molecular weight excluding hydrogens is 370 g/mol. The zero-order valence-corrected chi connectivity index (χ0v) is 13.3. The molecule has 1 atom stereocenters. The van der Waals surface area contributed by atoms with E-state index < -0.39 is 11.0 Å². The molecule has 0 saturated heterocycles. The van der Waals surface area contributed by atoms with Crippen molar-refractivity contribution in [2.45, 2.75) is 13.0 Å². The molecule has 0 aliphatic rings. The summed E-state index contributed by atoms with van der Waals surface area (Å²) in [7, 11) is 0. The fraction of sp³-hybridized carbons (Fsp3) is 0.167. The van der Waals surface area contributed by atoms with Crippen LogP contribution < -0.4 is 4.74 Å². The van der Waals surface area contributed by atoms with Gasteiger partial charge in [0.15, 0.2) is 0 Å². The summed E-state index contributed by atoms with van der Waals surface area (Å²) in [6.07, 6.45) is -0.795. The second-order valence-electron chi connectivity index (χ2n) is 3.93. The third kappa shape index (κ3) is 3.29. The molecule has 0 fully saturated rings. The van der Waals surface area contributed by atoms with Crippen molar-refractivity contribution >= 4 is 44.6 Å². The molecular formula is C12H9BrClNO4S. The lowest BCUT2D eigenvalue weighted by molar-refractivity contribution is -0.385. The Kier molecular flexibility index (Phi) is 4.64. The maximum atomic E-state index is 11.0. The number of hydrogen-bond donors (Lipinski definition) is 1. The monoisotopic (exact) mass is 377 g/mol. The fourth-order valence-corrected chi connectivity index (χ4v) is 3.08. The fourth-order valence-electron chi connectivity index (χ4n) is 1.45. The second-order valence-corrected chi connectivity index (χ2v) is 6.30. The number of rotatable bonds is 4. The van der Waals surface area contributed by atoms with Gasteiger partial charge in [-0.1, -0.05) is 38.9 Å². The number of nitrogens with zero attached hydrogens (tertiary/aromatic N) is 1. The first kappa shape index (κ1) is 15.2. The van der Waals surface area contributed by atoms with Gasteiger partial charge < -0.3 is 9.84 Å². The SMILES string of the molecule is CC(O)c1cc([N+](=O)[O-])c(Oc2ccc(Br)cc2Cl)s1. The zero-order valence-electron chi connectivity index (χ0n) is 10.2. The van der Waals surface area contributed by atoms with Gasteiger partial charge in [0, 0.05) is 15.4 Å². The predicted octanol–water partition coefficient (Wildman–Crippen LogP) is 4.92. The van der Waals surface area contributed by atoms with Crippen LogP contribution in [-0.4, -0.2) is 10.0 Å². The highest BCUT2D eigenvalue weighted by Gasteiger charge is 2.23. The molecule has 2 aromatic rings. The maximum absolute atomic E-state index is 11.0. The molecule has 0 bridgehead atoms. The maximum Gasteiger partial charge on any atom is 0.323 e. The molecule has 1 unspecified atom stereocenters. The van der Waals surface area contributed by atoms with Gasteiger partial charge in [-0.05, 0) is 25.1 Å². The Bertz CT molecular complexity index is 659. The number of ether oxygens (including phenoxy) is 1. The van der Waals surface area contributed by atoms with E-state index in [2.05, 4.69) is 15.9 Å². The van der Waals surface area contributed by atoms with Gasteiger partial charge in [0.2, 0.25) is 0 Å². The Morgan fingerprint density at radius 3 is 2.75 bits per heavy atom. The molecule has 1 N–H and O–H groups in total. The quantitative estimate of drug-likeness (QED) is 0.605. The Morgan fingerprint density at radius 2 is 2.20 bits per heavy atom. The number of hydrogen-bond acceptors (Lipinski definition) is 5. The standard InChI is InChI=1S/C12H9BrClNO4S/c1-6(16)11-5-9(15(17)18)12(20-11)19-10-3-2-7(13)4-8(10)14/h2-6,16H,1H3. The lowest BCUT2D eigenvalue weighted by atomic mass is 10.3. The van der Waals surface area contributed by atoms with Gasteiger partial charge in [0.25, 0.3) is 5.06 Å². The summed E-state index contributed by atoms with van der Waals surface area (Å²) in [5.74, 6) is 0.317. The summed E-state index contributed by atoms with van der Waals surface area (Å²) in [4.78, 5) is 10.9. The van der Waals surface area contributed by atoms with Crippen molar-refractivity contribution in [2.24, 2.45) is 0 Å². The van der Waals surface area contributed by atoms with Gasteiger partial charge in [-0.3, -0.25) is 10.1 Å². The average Bonchev–Trinajstić information content (AvgIpc) is 2.77. The van der Waals surface area contributed by atoms with Crippen LogP contribution in [0, 0.1) is 10.1 Å². The minimum atomic E-state index is -0.795. The van der Waals surface area contributed by atoms with Crippen molar-refractivity contribution in [2.75, 3.05) is 0 Å². The number of benzene rings is 1. The Morgan fingerprint density at radius 1 is 1.50 bits per heavy atom. The number of thiophene rings is 1. The van der Waals surface area contributed by atoms with Crippen molar-refractivity contribution in [3.05, 3.63) is 48.8 Å². The predicted molar refractivity (Wildman–Crippen MR) is 80.8 cm³/mol. The molecule has 2 rings (SSSR count). The summed E-state index contributed by atoms with van der Waals surface area (Å²) < 4.78 is 6.28. The van der Waals surface area contributed by atoms with Crippen LogP contribution in [0.15, 0.2) is 28.7 Å². The number of aliphatic hydroxyl groups excluding tert-OH is 1. The van der Waals surface area contributed by atoms with E-state index >= 15 is 0 Å². The van der Waals surface area contributed by atoms with Gasteiger partial charge in [-0.25, -0.2) is 0 Å². The van der Waals surface area contributed by atoms with Gasteiger partial charge in [0.05, 0.1) is 16.0 Å². The van der Waals surface area contributed by atoms with Gasteiger partial charge in [0.1, 0.15) is 5.75 Å². The average molecular weight is 379 g/mol. The number of aliphatic hydroxyl groups is 1. The molecule has 5 nitrogen and oxygen atoms in total. The first-order chi connectivity index (χ1) is 9.38. The first-order valence-electron chi connectivity index (χ1n) is 5.47. The molecule has 8 heteroatoms. The van der Waals surface area contributed by atoms with E-state index in [0.717, 1.165) is 15.8 Å². The highest BCUT2D eigenvalue weighted by molar-refractivity contribution is 9.10. The van der Waals surface area contributed by atoms with Crippen molar-refractivity contribution in [1.29, 1.82) is 0 Å². The smallest absolute Gasteiger partial charge is 0.323 e. The molecule has 1 heterocycles. The van der Waals surface area contributed by atoms with Gasteiger partial charge >= 0.3 is 5.69 Å². The molecule has 0 saturated carbocycles. The van der Waals surface area contributed by atoms with Crippen LogP contribution in [0.25, 0.3) is 0 Å². The van der Waals surface area contributed by atoms with E-state index in [4.69, 9.17) is 16.3 Å². The Hall–Kier alpha value is -1.15. The first-order valence-corrected chi connectivity index (χ1v) is 7.46. The third-order valence-electron chi connectivity index (χ3n) is 2.40. The highest BCUT2D eigenvalue weighted by atomic mass is 79.9. The molecule has 1 aromatic carbocycles. The minimum absolute atomic E-state index is 0.0927. The van der Waals surface area contributed by atoms with E-state index in [-0.39, 0.29) is 10.8 Å². The van der Waals surface area contributed by atoms with Crippen LogP contribution in [0.4, 0.5) is 5.69 Å². The van der Waals surface area contributed by atoms with Crippen LogP contribution in [-0.2, 0) is 0 Å². The molecule has 20 heavy (non-hydrogen) atoms. The van der Waals surface area contributed by atoms with E-state index in [0.29, 0.717) is 15.6 Å². The van der Waals surface area contributed by atoms with Crippen LogP contribution in [0.3, 0.4) is 0 Å². The van der Waals surface area contributed by atoms with E-state index in [1.165, 1.54) is 13.0 Å². The Balaban J connectivity index is 2.39. The molecule has 0 aliphatic heterocycles. The minimum Gasteiger partial charge on any atom is -0.438 e. The summed E-state index contributed by atoms with van der Waals surface area (Å²) >= 11 is 10.3. The summed E-state index contributed by atoms with van der Waals surface area (Å²) in [6.45, 7) is 1.53. The largest absolute Gasteiger partial charge is 0.438 e. The van der Waals surface area contributed by atoms with Gasteiger partial charge in [-0.2, -0.15) is 0 Å². The second kappa shape index (κ2) is 6.09. The Labute approximate surface area is 132 Å². The number of halogens is 2. The van der Waals surface area contributed by atoms with Crippen LogP contribution >= 0.6 is 38.9 Å². The normalized spacial score (nSPS) is 12.2. The zero-order chi connectivity index (χ0) is 14.9.